The van der Waals surface area contributed by atoms with Gasteiger partial charge in [0.2, 0.25) is 10.0 Å². The second-order valence-corrected chi connectivity index (χ2v) is 10.7. The molecule has 178 valence electrons. The molecule has 2 aromatic carbocycles. The molecule has 0 aliphatic carbocycles. The highest BCUT2D eigenvalue weighted by molar-refractivity contribution is 7.89. The Hall–Kier alpha value is -2.58. The second-order valence-electron chi connectivity index (χ2n) is 8.83. The molecule has 4 rings (SSSR count). The molecule has 0 bridgehead atoms. The lowest BCUT2D eigenvalue weighted by Gasteiger charge is -2.22. The molecule has 0 saturated carbocycles. The van der Waals surface area contributed by atoms with E-state index >= 15 is 0 Å². The van der Waals surface area contributed by atoms with Crippen molar-refractivity contribution in [1.29, 1.82) is 0 Å². The number of nitrogens with zero attached hydrogens (tertiary/aromatic N) is 2. The van der Waals surface area contributed by atoms with E-state index in [1.165, 1.54) is 23.2 Å². The Morgan fingerprint density at radius 1 is 1.03 bits per heavy atom. The third-order valence-electron chi connectivity index (χ3n) is 6.57. The maximum Gasteiger partial charge on any atom is 0.251 e. The Bertz CT molecular complexity index is 1050. The van der Waals surface area contributed by atoms with Crippen LogP contribution in [0.3, 0.4) is 0 Å². The number of anilines is 1. The number of methoxy groups -OCH3 is 1. The van der Waals surface area contributed by atoms with Crippen LogP contribution < -0.4 is 15.0 Å². The summed E-state index contributed by atoms with van der Waals surface area (Å²) in [5.41, 5.74) is 1.53. The smallest absolute Gasteiger partial charge is 0.251 e. The minimum absolute atomic E-state index is 0.0654. The fourth-order valence-electron chi connectivity index (χ4n) is 4.65. The first-order valence-corrected chi connectivity index (χ1v) is 13.2. The second kappa shape index (κ2) is 10.6. The van der Waals surface area contributed by atoms with Crippen molar-refractivity contribution in [3.05, 3.63) is 54.1 Å². The maximum absolute atomic E-state index is 13.3. The van der Waals surface area contributed by atoms with E-state index in [4.69, 9.17) is 4.74 Å². The van der Waals surface area contributed by atoms with Gasteiger partial charge in [0, 0.05) is 44.0 Å². The number of hydrogen-bond donors (Lipinski definition) is 1. The lowest BCUT2D eigenvalue weighted by molar-refractivity contribution is 0.0948. The highest BCUT2D eigenvalue weighted by Crippen LogP contribution is 2.29. The molecule has 0 spiro atoms. The molecule has 1 unspecified atom stereocenters. The van der Waals surface area contributed by atoms with Gasteiger partial charge in [0.05, 0.1) is 7.11 Å². The Labute approximate surface area is 196 Å². The third-order valence-corrected chi connectivity index (χ3v) is 8.49. The maximum atomic E-state index is 13.3. The lowest BCUT2D eigenvalue weighted by atomic mass is 10.1. The van der Waals surface area contributed by atoms with Gasteiger partial charge in [-0.15, -0.1) is 0 Å². The monoisotopic (exact) mass is 471 g/mol. The molecule has 0 radical (unpaired) electrons. The van der Waals surface area contributed by atoms with Crippen molar-refractivity contribution in [1.82, 2.24) is 9.62 Å². The summed E-state index contributed by atoms with van der Waals surface area (Å²) in [5.74, 6) is 0.362. The normalized spacial score (nSPS) is 19.8. The van der Waals surface area contributed by atoms with Crippen LogP contribution in [0.2, 0.25) is 0 Å². The van der Waals surface area contributed by atoms with Gasteiger partial charge in [0.15, 0.2) is 0 Å². The molecule has 8 heteroatoms. The summed E-state index contributed by atoms with van der Waals surface area (Å²) in [6.07, 6.45) is 4.78. The zero-order chi connectivity index (χ0) is 23.3. The number of para-hydroxylation sites is 1. The van der Waals surface area contributed by atoms with Crippen LogP contribution in [0.15, 0.2) is 53.4 Å². The van der Waals surface area contributed by atoms with Crippen molar-refractivity contribution in [2.75, 3.05) is 44.7 Å². The van der Waals surface area contributed by atoms with Crippen molar-refractivity contribution in [2.45, 2.75) is 37.0 Å². The predicted octanol–water partition coefficient (Wildman–Crippen LogP) is 3.52. The summed E-state index contributed by atoms with van der Waals surface area (Å²) < 4.78 is 33.5. The van der Waals surface area contributed by atoms with Crippen LogP contribution in [-0.4, -0.2) is 58.5 Å². The SMILES string of the molecule is COc1ccc(C(=O)NCC2CCN(c3ccccc3)C2)cc1S(=O)(=O)N1CCCCCC1. The number of benzene rings is 2. The Morgan fingerprint density at radius 2 is 1.76 bits per heavy atom. The number of carbonyl (C=O) groups excluding carboxylic acids is 1. The van der Waals surface area contributed by atoms with E-state index in [0.717, 1.165) is 45.2 Å². The van der Waals surface area contributed by atoms with Crippen LogP contribution in [0.5, 0.6) is 5.75 Å². The fourth-order valence-corrected chi connectivity index (χ4v) is 6.35. The highest BCUT2D eigenvalue weighted by Gasteiger charge is 2.29. The van der Waals surface area contributed by atoms with Gasteiger partial charge in [-0.25, -0.2) is 8.42 Å². The number of amides is 1. The molecule has 2 heterocycles. The van der Waals surface area contributed by atoms with Crippen LogP contribution in [0, 0.1) is 5.92 Å². The Balaban J connectivity index is 1.43. The van der Waals surface area contributed by atoms with Crippen molar-refractivity contribution >= 4 is 21.6 Å². The van der Waals surface area contributed by atoms with Gasteiger partial charge in [0.25, 0.3) is 5.91 Å². The Morgan fingerprint density at radius 3 is 2.45 bits per heavy atom. The number of nitrogens with one attached hydrogen (secondary N) is 1. The van der Waals surface area contributed by atoms with Crippen molar-refractivity contribution in [3.8, 4) is 5.75 Å². The summed E-state index contributed by atoms with van der Waals surface area (Å²) in [6.45, 7) is 3.41. The summed E-state index contributed by atoms with van der Waals surface area (Å²) in [7, 11) is -2.28. The average Bonchev–Trinajstić information content (AvgIpc) is 3.14. The summed E-state index contributed by atoms with van der Waals surface area (Å²) in [5, 5.41) is 3.00. The molecule has 2 fully saturated rings. The minimum atomic E-state index is -3.73. The van der Waals surface area contributed by atoms with Gasteiger partial charge < -0.3 is 15.0 Å². The minimum Gasteiger partial charge on any atom is -0.495 e. The molecule has 1 atom stereocenters. The van der Waals surface area contributed by atoms with Gasteiger partial charge >= 0.3 is 0 Å². The van der Waals surface area contributed by atoms with Crippen molar-refractivity contribution in [2.24, 2.45) is 5.92 Å². The first-order valence-electron chi connectivity index (χ1n) is 11.8. The molecule has 33 heavy (non-hydrogen) atoms. The predicted molar refractivity (Wildman–Crippen MR) is 129 cm³/mol. The van der Waals surface area contributed by atoms with E-state index in [-0.39, 0.29) is 16.6 Å². The standard InChI is InChI=1S/C25H33N3O4S/c1-32-23-12-11-21(17-24(23)33(30,31)28-14-7-2-3-8-15-28)25(29)26-18-20-13-16-27(19-20)22-9-5-4-6-10-22/h4-6,9-12,17,20H,2-3,7-8,13-16,18-19H2,1H3,(H,26,29). The molecule has 7 nitrogen and oxygen atoms in total. The molecule has 1 N–H and O–H groups in total. The third kappa shape index (κ3) is 5.50. The van der Waals surface area contributed by atoms with E-state index in [0.29, 0.717) is 31.1 Å². The lowest BCUT2D eigenvalue weighted by Crippen LogP contribution is -2.33. The van der Waals surface area contributed by atoms with Crippen LogP contribution in [0.1, 0.15) is 42.5 Å². The van der Waals surface area contributed by atoms with Gasteiger partial charge in [-0.2, -0.15) is 4.31 Å². The highest BCUT2D eigenvalue weighted by atomic mass is 32.2. The van der Waals surface area contributed by atoms with Gasteiger partial charge in [-0.05, 0) is 55.5 Å². The number of hydrogen-bond acceptors (Lipinski definition) is 5. The molecule has 2 aliphatic rings. The molecular weight excluding hydrogens is 438 g/mol. The Kier molecular flexibility index (Phi) is 7.55. The van der Waals surface area contributed by atoms with E-state index < -0.39 is 10.0 Å². The van der Waals surface area contributed by atoms with Gasteiger partial charge in [-0.3, -0.25) is 4.79 Å². The number of sulfonamides is 1. The fraction of sp³-hybridized carbons (Fsp3) is 0.480. The van der Waals surface area contributed by atoms with E-state index in [1.807, 2.05) is 18.2 Å². The van der Waals surface area contributed by atoms with Crippen molar-refractivity contribution in [3.63, 3.8) is 0 Å². The van der Waals surface area contributed by atoms with Gasteiger partial charge in [0.1, 0.15) is 10.6 Å². The van der Waals surface area contributed by atoms with Gasteiger partial charge in [-0.1, -0.05) is 31.0 Å². The number of carbonyl (C=O) groups is 1. The van der Waals surface area contributed by atoms with Crippen LogP contribution in [0.25, 0.3) is 0 Å². The first kappa shape index (κ1) is 23.6. The van der Waals surface area contributed by atoms with E-state index in [1.54, 1.807) is 12.1 Å². The van der Waals surface area contributed by atoms with Crippen LogP contribution in [0.4, 0.5) is 5.69 Å². The molecule has 0 aromatic heterocycles. The zero-order valence-corrected chi connectivity index (χ0v) is 20.0. The summed E-state index contributed by atoms with van der Waals surface area (Å²) >= 11 is 0. The summed E-state index contributed by atoms with van der Waals surface area (Å²) in [4.78, 5) is 15.3. The molecule has 2 aromatic rings. The van der Waals surface area contributed by atoms with Crippen molar-refractivity contribution < 1.29 is 17.9 Å². The van der Waals surface area contributed by atoms with E-state index in [2.05, 4.69) is 22.3 Å². The molecule has 1 amide bonds. The molecule has 2 aliphatic heterocycles. The number of ether oxygens (including phenoxy) is 1. The first-order chi connectivity index (χ1) is 16.0. The zero-order valence-electron chi connectivity index (χ0n) is 19.2. The van der Waals surface area contributed by atoms with E-state index in [9.17, 15) is 13.2 Å². The number of rotatable bonds is 7. The molecule has 2 saturated heterocycles. The van der Waals surface area contributed by atoms with Crippen LogP contribution >= 0.6 is 0 Å². The summed E-state index contributed by atoms with van der Waals surface area (Å²) in [6, 6.07) is 14.9. The quantitative estimate of drug-likeness (QED) is 0.669. The largest absolute Gasteiger partial charge is 0.495 e. The average molecular weight is 472 g/mol. The van der Waals surface area contributed by atoms with Crippen LogP contribution in [-0.2, 0) is 10.0 Å². The molecular formula is C25H33N3O4S. The topological polar surface area (TPSA) is 79.0 Å².